The number of ether oxygens (including phenoxy) is 1. The van der Waals surface area contributed by atoms with Gasteiger partial charge in [-0.1, -0.05) is 30.3 Å². The second-order valence-corrected chi connectivity index (χ2v) is 7.81. The highest BCUT2D eigenvalue weighted by atomic mass is 16.5. The highest BCUT2D eigenvalue weighted by molar-refractivity contribution is 5.94. The Morgan fingerprint density at radius 3 is 2.82 bits per heavy atom. The van der Waals surface area contributed by atoms with Gasteiger partial charge in [0.15, 0.2) is 0 Å². The summed E-state index contributed by atoms with van der Waals surface area (Å²) in [5.74, 6) is -0.0504. The third-order valence-electron chi connectivity index (χ3n) is 5.82. The lowest BCUT2D eigenvalue weighted by atomic mass is 9.85. The number of amides is 2. The summed E-state index contributed by atoms with van der Waals surface area (Å²) < 4.78 is 5.96. The number of rotatable bonds is 3. The van der Waals surface area contributed by atoms with Crippen LogP contribution in [-0.2, 0) is 16.1 Å². The number of hydrogen-bond donors (Lipinski definition) is 0. The second-order valence-electron chi connectivity index (χ2n) is 7.81. The van der Waals surface area contributed by atoms with Crippen molar-refractivity contribution in [2.24, 2.45) is 0 Å². The van der Waals surface area contributed by atoms with Crippen LogP contribution in [0.4, 0.5) is 0 Å². The van der Waals surface area contributed by atoms with Gasteiger partial charge in [-0.05, 0) is 38.0 Å². The third kappa shape index (κ3) is 3.52. The molecule has 6 nitrogen and oxygen atoms in total. The number of aryl methyl sites for hydroxylation is 1. The summed E-state index contributed by atoms with van der Waals surface area (Å²) in [6.45, 7) is 5.63. The molecule has 2 aliphatic rings. The molecule has 2 atom stereocenters. The molecule has 0 bridgehead atoms. The van der Waals surface area contributed by atoms with Crippen LogP contribution >= 0.6 is 0 Å². The van der Waals surface area contributed by atoms with Crippen molar-refractivity contribution in [3.8, 4) is 0 Å². The van der Waals surface area contributed by atoms with E-state index >= 15 is 0 Å². The largest absolute Gasteiger partial charge is 0.363 e. The van der Waals surface area contributed by atoms with E-state index < -0.39 is 5.60 Å². The molecule has 6 heteroatoms. The molecule has 0 aliphatic carbocycles. The predicted molar refractivity (Wildman–Crippen MR) is 105 cm³/mol. The highest BCUT2D eigenvalue weighted by Gasteiger charge is 2.49. The van der Waals surface area contributed by atoms with E-state index in [9.17, 15) is 9.59 Å². The summed E-state index contributed by atoms with van der Waals surface area (Å²) in [5, 5.41) is 0. The van der Waals surface area contributed by atoms with Crippen molar-refractivity contribution >= 4 is 11.8 Å². The molecule has 2 aromatic rings. The molecule has 4 rings (SSSR count). The molecule has 0 saturated carbocycles. The number of hydrogen-bond acceptors (Lipinski definition) is 4. The standard InChI is InChI=1S/C22H25N3O3/c1-16-12-18(8-10-23-16)21(27)24-11-9-22(2)19(14-24)25(20(26)15-28-22)13-17-6-4-3-5-7-17/h3-8,10,12,19H,9,11,13-15H2,1-2H3/t19-,22-/m1/s1. The van der Waals surface area contributed by atoms with Gasteiger partial charge in [0.2, 0.25) is 5.91 Å². The molecule has 0 radical (unpaired) electrons. The zero-order valence-electron chi connectivity index (χ0n) is 16.3. The maximum absolute atomic E-state index is 13.0. The van der Waals surface area contributed by atoms with Crippen LogP contribution in [0.15, 0.2) is 48.7 Å². The Hall–Kier alpha value is -2.73. The predicted octanol–water partition coefficient (Wildman–Crippen LogP) is 2.42. The summed E-state index contributed by atoms with van der Waals surface area (Å²) in [6, 6.07) is 13.3. The zero-order valence-corrected chi connectivity index (χ0v) is 16.3. The quantitative estimate of drug-likeness (QED) is 0.822. The molecule has 2 saturated heterocycles. The van der Waals surface area contributed by atoms with Crippen molar-refractivity contribution in [3.63, 3.8) is 0 Å². The molecule has 2 aliphatic heterocycles. The van der Waals surface area contributed by atoms with Crippen LogP contribution < -0.4 is 0 Å². The number of carbonyl (C=O) groups is 2. The van der Waals surface area contributed by atoms with E-state index in [2.05, 4.69) is 11.9 Å². The van der Waals surface area contributed by atoms with Crippen LogP contribution in [0.25, 0.3) is 0 Å². The lowest BCUT2D eigenvalue weighted by Crippen LogP contribution is -2.67. The Kier molecular flexibility index (Phi) is 4.89. The molecule has 0 N–H and O–H groups in total. The van der Waals surface area contributed by atoms with Gasteiger partial charge in [-0.2, -0.15) is 0 Å². The van der Waals surface area contributed by atoms with Crippen LogP contribution in [-0.4, -0.2) is 57.9 Å². The molecule has 146 valence electrons. The summed E-state index contributed by atoms with van der Waals surface area (Å²) in [4.78, 5) is 33.6. The van der Waals surface area contributed by atoms with Gasteiger partial charge in [0.25, 0.3) is 5.91 Å². The first-order valence-electron chi connectivity index (χ1n) is 9.65. The van der Waals surface area contributed by atoms with Crippen molar-refractivity contribution < 1.29 is 14.3 Å². The Balaban J connectivity index is 1.58. The number of aromatic nitrogens is 1. The fourth-order valence-electron chi connectivity index (χ4n) is 4.12. The maximum atomic E-state index is 13.0. The molecule has 0 spiro atoms. The Labute approximate surface area is 165 Å². The Bertz CT molecular complexity index is 886. The lowest BCUT2D eigenvalue weighted by Gasteiger charge is -2.52. The number of benzene rings is 1. The molecule has 1 aromatic heterocycles. The van der Waals surface area contributed by atoms with E-state index in [0.717, 1.165) is 11.3 Å². The first kappa shape index (κ1) is 18.6. The van der Waals surface area contributed by atoms with Crippen molar-refractivity contribution in [1.82, 2.24) is 14.8 Å². The Morgan fingerprint density at radius 1 is 1.29 bits per heavy atom. The first-order chi connectivity index (χ1) is 13.5. The average molecular weight is 379 g/mol. The minimum atomic E-state index is -0.437. The molecular weight excluding hydrogens is 354 g/mol. The molecule has 2 amide bonds. The number of morpholine rings is 1. The fourth-order valence-corrected chi connectivity index (χ4v) is 4.12. The van der Waals surface area contributed by atoms with Gasteiger partial charge >= 0.3 is 0 Å². The second kappa shape index (κ2) is 7.36. The van der Waals surface area contributed by atoms with E-state index in [1.165, 1.54) is 0 Å². The molecule has 0 unspecified atom stereocenters. The van der Waals surface area contributed by atoms with Gasteiger partial charge in [0.1, 0.15) is 6.61 Å². The number of nitrogens with zero attached hydrogens (tertiary/aromatic N) is 3. The minimum Gasteiger partial charge on any atom is -0.363 e. The third-order valence-corrected chi connectivity index (χ3v) is 5.82. The molecule has 1 aromatic carbocycles. The molecule has 28 heavy (non-hydrogen) atoms. The van der Waals surface area contributed by atoms with Crippen molar-refractivity contribution in [2.45, 2.75) is 38.5 Å². The molecular formula is C22H25N3O3. The van der Waals surface area contributed by atoms with E-state index in [0.29, 0.717) is 31.6 Å². The van der Waals surface area contributed by atoms with E-state index in [1.54, 1.807) is 18.3 Å². The summed E-state index contributed by atoms with van der Waals surface area (Å²) in [7, 11) is 0. The minimum absolute atomic E-state index is 0.0229. The number of pyridine rings is 1. The first-order valence-corrected chi connectivity index (χ1v) is 9.65. The van der Waals surface area contributed by atoms with Gasteiger partial charge in [0, 0.05) is 37.1 Å². The van der Waals surface area contributed by atoms with Crippen molar-refractivity contribution in [2.75, 3.05) is 19.7 Å². The van der Waals surface area contributed by atoms with Gasteiger partial charge in [-0.15, -0.1) is 0 Å². The van der Waals surface area contributed by atoms with Gasteiger partial charge in [-0.3, -0.25) is 14.6 Å². The number of fused-ring (bicyclic) bond motifs is 1. The SMILES string of the molecule is Cc1cc(C(=O)N2CC[C@@]3(C)OCC(=O)N(Cc4ccccc4)[C@@H]3C2)ccn1. The summed E-state index contributed by atoms with van der Waals surface area (Å²) in [5.41, 5.74) is 2.09. The van der Waals surface area contributed by atoms with E-state index in [4.69, 9.17) is 4.74 Å². The van der Waals surface area contributed by atoms with Crippen LogP contribution in [0.5, 0.6) is 0 Å². The summed E-state index contributed by atoms with van der Waals surface area (Å²) >= 11 is 0. The van der Waals surface area contributed by atoms with Crippen LogP contribution in [0, 0.1) is 6.92 Å². The number of carbonyl (C=O) groups excluding carboxylic acids is 2. The lowest BCUT2D eigenvalue weighted by molar-refractivity contribution is -0.186. The van der Waals surface area contributed by atoms with Gasteiger partial charge < -0.3 is 14.5 Å². The Morgan fingerprint density at radius 2 is 2.07 bits per heavy atom. The number of likely N-dealkylation sites (tertiary alicyclic amines) is 1. The maximum Gasteiger partial charge on any atom is 0.254 e. The van der Waals surface area contributed by atoms with Gasteiger partial charge in [-0.25, -0.2) is 0 Å². The zero-order chi connectivity index (χ0) is 19.7. The van der Waals surface area contributed by atoms with Crippen molar-refractivity contribution in [3.05, 3.63) is 65.5 Å². The monoisotopic (exact) mass is 379 g/mol. The smallest absolute Gasteiger partial charge is 0.254 e. The highest BCUT2D eigenvalue weighted by Crippen LogP contribution is 2.34. The van der Waals surface area contributed by atoms with Gasteiger partial charge in [0.05, 0.1) is 11.6 Å². The van der Waals surface area contributed by atoms with E-state index in [1.807, 2.05) is 47.1 Å². The average Bonchev–Trinajstić information content (AvgIpc) is 2.70. The fraction of sp³-hybridized carbons (Fsp3) is 0.409. The van der Waals surface area contributed by atoms with Crippen LogP contribution in [0.3, 0.4) is 0 Å². The molecule has 3 heterocycles. The van der Waals surface area contributed by atoms with E-state index in [-0.39, 0.29) is 24.5 Å². The van der Waals surface area contributed by atoms with Crippen LogP contribution in [0.2, 0.25) is 0 Å². The van der Waals surface area contributed by atoms with Crippen LogP contribution in [0.1, 0.15) is 35.0 Å². The topological polar surface area (TPSA) is 62.7 Å². The summed E-state index contributed by atoms with van der Waals surface area (Å²) in [6.07, 6.45) is 2.36. The normalized spacial score (nSPS) is 24.8. The molecule has 2 fully saturated rings. The number of piperidine rings is 1. The van der Waals surface area contributed by atoms with Crippen molar-refractivity contribution in [1.29, 1.82) is 0 Å².